The molecule has 0 aliphatic carbocycles. The number of hydrogen-bond donors (Lipinski definition) is 0. The molecule has 19 heavy (non-hydrogen) atoms. The van der Waals surface area contributed by atoms with Crippen LogP contribution in [0.4, 0.5) is 0 Å². The van der Waals surface area contributed by atoms with Crippen LogP contribution in [0.2, 0.25) is 5.02 Å². The maximum absolute atomic E-state index is 12.2. The summed E-state index contributed by atoms with van der Waals surface area (Å²) in [7, 11) is -2.00. The predicted molar refractivity (Wildman–Crippen MR) is 78.3 cm³/mol. The molecule has 0 aliphatic rings. The van der Waals surface area contributed by atoms with E-state index in [0.717, 1.165) is 11.1 Å². The van der Waals surface area contributed by atoms with Gasteiger partial charge in [-0.3, -0.25) is 0 Å². The largest absolute Gasteiger partial charge is 0.424 e. The maximum atomic E-state index is 12.2. The van der Waals surface area contributed by atoms with Crippen molar-refractivity contribution in [1.29, 1.82) is 0 Å². The molecule has 0 saturated heterocycles. The van der Waals surface area contributed by atoms with Crippen molar-refractivity contribution in [1.82, 2.24) is 0 Å². The van der Waals surface area contributed by atoms with Gasteiger partial charge in [0.15, 0.2) is 6.16 Å². The number of halogens is 1. The minimum absolute atomic E-state index is 0.250. The Hall–Kier alpha value is -1.50. The average Bonchev–Trinajstić information content (AvgIpc) is 2.39. The molecule has 0 amide bonds. The van der Waals surface area contributed by atoms with Gasteiger partial charge in [-0.2, -0.15) is 0 Å². The number of benzene rings is 2. The van der Waals surface area contributed by atoms with Crippen LogP contribution in [0.3, 0.4) is 0 Å². The molecule has 2 aromatic rings. The highest BCUT2D eigenvalue weighted by Crippen LogP contribution is 2.35. The molecule has 0 bridgehead atoms. The third-order valence-corrected chi connectivity index (χ3v) is 4.48. The molecule has 0 saturated carbocycles. The molecule has 0 aromatic heterocycles. The van der Waals surface area contributed by atoms with Crippen LogP contribution in [-0.2, 0) is 10.7 Å². The van der Waals surface area contributed by atoms with Crippen LogP contribution in [0.15, 0.2) is 48.5 Å². The van der Waals surface area contributed by atoms with Gasteiger partial charge in [-0.15, -0.1) is 0 Å². The second kappa shape index (κ2) is 6.10. The van der Waals surface area contributed by atoms with E-state index in [4.69, 9.17) is 11.6 Å². The van der Waals surface area contributed by atoms with E-state index in [1.54, 1.807) is 25.1 Å². The SMILES string of the molecule is Cc1cccc(Cl)c1C(=O)[P+](=O)Cc1ccccc1. The van der Waals surface area contributed by atoms with Crippen LogP contribution < -0.4 is 0 Å². The lowest BCUT2D eigenvalue weighted by atomic mass is 10.1. The fraction of sp³-hybridized carbons (Fsp3) is 0.133. The first-order valence-electron chi connectivity index (χ1n) is 5.87. The maximum Gasteiger partial charge on any atom is 0.424 e. The van der Waals surface area contributed by atoms with Crippen molar-refractivity contribution in [3.05, 3.63) is 70.2 Å². The summed E-state index contributed by atoms with van der Waals surface area (Å²) in [6.45, 7) is 1.80. The highest BCUT2D eigenvalue weighted by Gasteiger charge is 2.32. The number of aryl methyl sites for hydroxylation is 1. The monoisotopic (exact) mass is 291 g/mol. The smallest absolute Gasteiger partial charge is 0.234 e. The molecule has 0 aliphatic heterocycles. The Morgan fingerprint density at radius 3 is 2.42 bits per heavy atom. The fourth-order valence-electron chi connectivity index (χ4n) is 1.85. The summed E-state index contributed by atoms with van der Waals surface area (Å²) in [5.74, 6) is 0. The topological polar surface area (TPSA) is 34.1 Å². The van der Waals surface area contributed by atoms with Gasteiger partial charge in [-0.1, -0.05) is 58.6 Å². The summed E-state index contributed by atoms with van der Waals surface area (Å²) in [6.07, 6.45) is 0.250. The second-order valence-corrected chi connectivity index (χ2v) is 6.15. The van der Waals surface area contributed by atoms with E-state index < -0.39 is 7.80 Å². The van der Waals surface area contributed by atoms with E-state index in [9.17, 15) is 9.36 Å². The third kappa shape index (κ3) is 3.28. The van der Waals surface area contributed by atoms with E-state index in [2.05, 4.69) is 0 Å². The van der Waals surface area contributed by atoms with Gasteiger partial charge >= 0.3 is 13.3 Å². The Morgan fingerprint density at radius 1 is 1.11 bits per heavy atom. The Bertz CT molecular complexity index is 603. The molecular weight excluding hydrogens is 279 g/mol. The Kier molecular flexibility index (Phi) is 4.47. The van der Waals surface area contributed by atoms with E-state index in [0.29, 0.717) is 10.6 Å². The van der Waals surface area contributed by atoms with Crippen molar-refractivity contribution in [2.24, 2.45) is 0 Å². The lowest BCUT2D eigenvalue weighted by molar-refractivity contribution is 0.107. The quantitative estimate of drug-likeness (QED) is 0.757. The molecule has 0 spiro atoms. The zero-order valence-corrected chi connectivity index (χ0v) is 12.1. The first kappa shape index (κ1) is 13.9. The average molecular weight is 292 g/mol. The standard InChI is InChI=1S/C15H13ClO2P/c1-11-6-5-9-13(16)14(11)15(17)19(18)10-12-7-3-2-4-8-12/h2-9H,10H2,1H3/q+1. The Morgan fingerprint density at radius 2 is 1.79 bits per heavy atom. The van der Waals surface area contributed by atoms with Crippen molar-refractivity contribution in [3.8, 4) is 0 Å². The highest BCUT2D eigenvalue weighted by atomic mass is 35.5. The molecule has 4 heteroatoms. The molecule has 96 valence electrons. The Balaban J connectivity index is 2.23. The fourth-order valence-corrected chi connectivity index (χ4v) is 3.45. The lowest BCUT2D eigenvalue weighted by Crippen LogP contribution is -1.99. The number of carbonyl (C=O) groups is 1. The Labute approximate surface area is 118 Å². The molecule has 2 aromatic carbocycles. The molecule has 2 nitrogen and oxygen atoms in total. The van der Waals surface area contributed by atoms with E-state index in [-0.39, 0.29) is 11.7 Å². The minimum Gasteiger partial charge on any atom is -0.234 e. The zero-order valence-electron chi connectivity index (χ0n) is 10.5. The summed E-state index contributed by atoms with van der Waals surface area (Å²) in [5, 5.41) is 0.362. The third-order valence-electron chi connectivity index (χ3n) is 2.83. The summed E-state index contributed by atoms with van der Waals surface area (Å²) >= 11 is 6.02. The van der Waals surface area contributed by atoms with Gasteiger partial charge in [0, 0.05) is 5.56 Å². The number of rotatable bonds is 4. The molecule has 1 unspecified atom stereocenters. The van der Waals surface area contributed by atoms with Crippen LogP contribution in [0, 0.1) is 6.92 Å². The van der Waals surface area contributed by atoms with Crippen LogP contribution >= 0.6 is 19.4 Å². The van der Waals surface area contributed by atoms with Crippen molar-refractivity contribution < 1.29 is 9.36 Å². The molecule has 1 atom stereocenters. The molecule has 0 fully saturated rings. The van der Waals surface area contributed by atoms with Crippen molar-refractivity contribution in [2.75, 3.05) is 0 Å². The minimum atomic E-state index is -2.00. The van der Waals surface area contributed by atoms with Crippen LogP contribution in [0.5, 0.6) is 0 Å². The highest BCUT2D eigenvalue weighted by molar-refractivity contribution is 7.63. The van der Waals surface area contributed by atoms with Gasteiger partial charge in [-0.05, 0) is 18.6 Å². The summed E-state index contributed by atoms with van der Waals surface area (Å²) in [4.78, 5) is 12.2. The molecule has 2 rings (SSSR count). The number of carbonyl (C=O) groups excluding carboxylic acids is 1. The van der Waals surface area contributed by atoms with E-state index >= 15 is 0 Å². The first-order chi connectivity index (χ1) is 9.09. The van der Waals surface area contributed by atoms with E-state index in [1.165, 1.54) is 0 Å². The molecule has 0 N–H and O–H groups in total. The van der Waals surface area contributed by atoms with Gasteiger partial charge in [0.2, 0.25) is 0 Å². The zero-order chi connectivity index (χ0) is 13.8. The van der Waals surface area contributed by atoms with Crippen LogP contribution in [0.25, 0.3) is 0 Å². The van der Waals surface area contributed by atoms with Crippen molar-refractivity contribution in [2.45, 2.75) is 13.1 Å². The van der Waals surface area contributed by atoms with Gasteiger partial charge in [0.1, 0.15) is 0 Å². The summed E-state index contributed by atoms with van der Waals surface area (Å²) in [5.41, 5.74) is 1.65. The lowest BCUT2D eigenvalue weighted by Gasteiger charge is -2.00. The van der Waals surface area contributed by atoms with Crippen LogP contribution in [-0.4, -0.2) is 5.52 Å². The van der Waals surface area contributed by atoms with Crippen molar-refractivity contribution in [3.63, 3.8) is 0 Å². The van der Waals surface area contributed by atoms with Gasteiger partial charge in [-0.25, -0.2) is 4.79 Å². The van der Waals surface area contributed by atoms with Crippen LogP contribution in [0.1, 0.15) is 21.5 Å². The van der Waals surface area contributed by atoms with Gasteiger partial charge in [0.25, 0.3) is 0 Å². The summed E-state index contributed by atoms with van der Waals surface area (Å²) < 4.78 is 12.2. The van der Waals surface area contributed by atoms with E-state index in [1.807, 2.05) is 30.3 Å². The van der Waals surface area contributed by atoms with Gasteiger partial charge in [0.05, 0.1) is 10.6 Å². The first-order valence-corrected chi connectivity index (χ1v) is 7.70. The predicted octanol–water partition coefficient (Wildman–Crippen LogP) is 4.82. The second-order valence-electron chi connectivity index (χ2n) is 4.26. The van der Waals surface area contributed by atoms with Crippen molar-refractivity contribution >= 4 is 24.9 Å². The molecule has 0 radical (unpaired) electrons. The van der Waals surface area contributed by atoms with Gasteiger partial charge < -0.3 is 0 Å². The number of hydrogen-bond acceptors (Lipinski definition) is 2. The molecular formula is C15H13ClO2P+. The molecule has 0 heterocycles. The summed E-state index contributed by atoms with van der Waals surface area (Å²) in [6, 6.07) is 14.6. The normalized spacial score (nSPS) is 11.2.